The minimum absolute atomic E-state index is 0.216. The van der Waals surface area contributed by atoms with Crippen molar-refractivity contribution in [3.8, 4) is 5.75 Å². The minimum Gasteiger partial charge on any atom is -0.507 e. The van der Waals surface area contributed by atoms with Crippen molar-refractivity contribution < 1.29 is 9.90 Å². The van der Waals surface area contributed by atoms with Crippen molar-refractivity contribution in [1.82, 2.24) is 15.6 Å². The largest absolute Gasteiger partial charge is 0.507 e. The Morgan fingerprint density at radius 1 is 1.53 bits per heavy atom. The van der Waals surface area contributed by atoms with E-state index in [9.17, 15) is 9.90 Å². The molecular weight excluding hydrogens is 359 g/mol. The third kappa shape index (κ3) is 3.53. The standard InChI is InChI=1S/C12H11IN4O2/c1-7-4-10(16-15-7)12(19)17-14-6-8-2-3-11(18)9(13)5-8/h2-6,18H,1H3,(H,15,16)(H,17,19)/b14-6+. The topological polar surface area (TPSA) is 90.4 Å². The van der Waals surface area contributed by atoms with Gasteiger partial charge in [0.15, 0.2) is 5.69 Å². The number of nitrogens with one attached hydrogen (secondary N) is 2. The molecule has 7 heteroatoms. The molecule has 2 aromatic rings. The maximum atomic E-state index is 11.6. The number of nitrogens with zero attached hydrogens (tertiary/aromatic N) is 2. The van der Waals surface area contributed by atoms with E-state index in [4.69, 9.17) is 0 Å². The maximum absolute atomic E-state index is 11.6. The molecule has 0 aliphatic rings. The minimum atomic E-state index is -0.380. The van der Waals surface area contributed by atoms with E-state index in [1.54, 1.807) is 24.3 Å². The summed E-state index contributed by atoms with van der Waals surface area (Å²) in [6.07, 6.45) is 1.50. The van der Waals surface area contributed by atoms with Crippen LogP contribution in [0.4, 0.5) is 0 Å². The van der Waals surface area contributed by atoms with Crippen molar-refractivity contribution in [1.29, 1.82) is 0 Å². The number of carbonyl (C=O) groups excluding carboxylic acids is 1. The first-order valence-corrected chi connectivity index (χ1v) is 6.48. The van der Waals surface area contributed by atoms with Gasteiger partial charge in [-0.25, -0.2) is 5.43 Å². The van der Waals surface area contributed by atoms with Crippen LogP contribution in [0.25, 0.3) is 0 Å². The summed E-state index contributed by atoms with van der Waals surface area (Å²) < 4.78 is 0.718. The van der Waals surface area contributed by atoms with Gasteiger partial charge in [0.25, 0.3) is 5.91 Å². The Morgan fingerprint density at radius 3 is 2.95 bits per heavy atom. The van der Waals surface area contributed by atoms with Crippen LogP contribution in [0.15, 0.2) is 29.4 Å². The van der Waals surface area contributed by atoms with Gasteiger partial charge in [0.05, 0.1) is 9.78 Å². The average Bonchev–Trinajstić information content (AvgIpc) is 2.80. The number of benzene rings is 1. The fourth-order valence-electron chi connectivity index (χ4n) is 1.36. The lowest BCUT2D eigenvalue weighted by molar-refractivity contribution is 0.0950. The molecule has 6 nitrogen and oxygen atoms in total. The van der Waals surface area contributed by atoms with Crippen molar-refractivity contribution in [3.05, 3.63) is 44.8 Å². The highest BCUT2D eigenvalue weighted by Gasteiger charge is 2.07. The molecule has 1 amide bonds. The molecular formula is C12H11IN4O2. The predicted octanol–water partition coefficient (Wildman–Crippen LogP) is 1.79. The van der Waals surface area contributed by atoms with Crippen LogP contribution in [-0.4, -0.2) is 27.4 Å². The number of hydrazone groups is 1. The first-order chi connectivity index (χ1) is 9.06. The Bertz CT molecular complexity index is 636. The number of carbonyl (C=O) groups is 1. The fourth-order valence-corrected chi connectivity index (χ4v) is 1.90. The van der Waals surface area contributed by atoms with Crippen LogP contribution < -0.4 is 5.43 Å². The summed E-state index contributed by atoms with van der Waals surface area (Å²) in [5.74, 6) is -0.164. The summed E-state index contributed by atoms with van der Waals surface area (Å²) in [4.78, 5) is 11.6. The number of aromatic hydroxyl groups is 1. The quantitative estimate of drug-likeness (QED) is 0.437. The van der Waals surface area contributed by atoms with E-state index in [1.165, 1.54) is 6.21 Å². The number of amides is 1. The number of halogens is 1. The molecule has 0 spiro atoms. The van der Waals surface area contributed by atoms with Crippen molar-refractivity contribution >= 4 is 34.7 Å². The summed E-state index contributed by atoms with van der Waals surface area (Å²) in [6.45, 7) is 1.81. The highest BCUT2D eigenvalue weighted by atomic mass is 127. The number of hydrogen-bond donors (Lipinski definition) is 3. The van der Waals surface area contributed by atoms with E-state index in [2.05, 4.69) is 20.7 Å². The van der Waals surface area contributed by atoms with E-state index < -0.39 is 0 Å². The Labute approximate surface area is 123 Å². The molecule has 0 unspecified atom stereocenters. The SMILES string of the molecule is Cc1cc(C(=O)N/N=C/c2ccc(O)c(I)c2)n[nH]1. The molecule has 0 saturated carbocycles. The summed E-state index contributed by atoms with van der Waals surface area (Å²) in [6, 6.07) is 6.66. The zero-order valence-electron chi connectivity index (χ0n) is 10.0. The Balaban J connectivity index is 2.00. The van der Waals surface area contributed by atoms with Gasteiger partial charge in [-0.3, -0.25) is 9.89 Å². The smallest absolute Gasteiger partial charge is 0.291 e. The molecule has 19 heavy (non-hydrogen) atoms. The number of H-pyrrole nitrogens is 1. The Kier molecular flexibility index (Phi) is 4.15. The van der Waals surface area contributed by atoms with Crippen LogP contribution in [0, 0.1) is 10.5 Å². The van der Waals surface area contributed by atoms with E-state index in [0.29, 0.717) is 0 Å². The van der Waals surface area contributed by atoms with Gasteiger partial charge in [-0.2, -0.15) is 10.2 Å². The van der Waals surface area contributed by atoms with Crippen LogP contribution >= 0.6 is 22.6 Å². The molecule has 0 aliphatic heterocycles. The number of rotatable bonds is 3. The van der Waals surface area contributed by atoms with E-state index in [1.807, 2.05) is 29.5 Å². The van der Waals surface area contributed by atoms with Gasteiger partial charge in [0.1, 0.15) is 5.75 Å². The third-order valence-electron chi connectivity index (χ3n) is 2.29. The maximum Gasteiger partial charge on any atom is 0.291 e. The van der Waals surface area contributed by atoms with E-state index in [-0.39, 0.29) is 17.4 Å². The predicted molar refractivity (Wildman–Crippen MR) is 79.2 cm³/mol. The fraction of sp³-hybridized carbons (Fsp3) is 0.0833. The number of phenols is 1. The number of phenolic OH excluding ortho intramolecular Hbond substituents is 1. The monoisotopic (exact) mass is 370 g/mol. The zero-order valence-corrected chi connectivity index (χ0v) is 12.2. The number of aryl methyl sites for hydroxylation is 1. The van der Waals surface area contributed by atoms with Crippen LogP contribution in [0.3, 0.4) is 0 Å². The Morgan fingerprint density at radius 2 is 2.32 bits per heavy atom. The van der Waals surface area contributed by atoms with Gasteiger partial charge >= 0.3 is 0 Å². The molecule has 0 saturated heterocycles. The van der Waals surface area contributed by atoms with Crippen LogP contribution in [0.5, 0.6) is 5.75 Å². The van der Waals surface area contributed by atoms with E-state index >= 15 is 0 Å². The van der Waals surface area contributed by atoms with Crippen molar-refractivity contribution in [2.75, 3.05) is 0 Å². The highest BCUT2D eigenvalue weighted by Crippen LogP contribution is 2.19. The van der Waals surface area contributed by atoms with Gasteiger partial charge in [0, 0.05) is 5.69 Å². The number of aromatic nitrogens is 2. The summed E-state index contributed by atoms with van der Waals surface area (Å²) in [5, 5.41) is 19.7. The zero-order chi connectivity index (χ0) is 13.8. The molecule has 0 aliphatic carbocycles. The molecule has 3 N–H and O–H groups in total. The first kappa shape index (κ1) is 13.5. The van der Waals surface area contributed by atoms with E-state index in [0.717, 1.165) is 14.8 Å². The van der Waals surface area contributed by atoms with Crippen LogP contribution in [0.1, 0.15) is 21.7 Å². The van der Waals surface area contributed by atoms with Crippen LogP contribution in [-0.2, 0) is 0 Å². The second-order valence-corrected chi connectivity index (χ2v) is 5.01. The highest BCUT2D eigenvalue weighted by molar-refractivity contribution is 14.1. The number of aromatic amines is 1. The average molecular weight is 370 g/mol. The lowest BCUT2D eigenvalue weighted by Crippen LogP contribution is -2.18. The summed E-state index contributed by atoms with van der Waals surface area (Å²) in [7, 11) is 0. The van der Waals surface area contributed by atoms with Crippen molar-refractivity contribution in [2.45, 2.75) is 6.92 Å². The van der Waals surface area contributed by atoms with Gasteiger partial charge in [-0.05, 0) is 59.3 Å². The van der Waals surface area contributed by atoms with Gasteiger partial charge in [-0.15, -0.1) is 0 Å². The van der Waals surface area contributed by atoms with Gasteiger partial charge in [-0.1, -0.05) is 0 Å². The second-order valence-electron chi connectivity index (χ2n) is 3.85. The van der Waals surface area contributed by atoms with Crippen LogP contribution in [0.2, 0.25) is 0 Å². The molecule has 0 atom stereocenters. The van der Waals surface area contributed by atoms with Crippen molar-refractivity contribution in [3.63, 3.8) is 0 Å². The molecule has 98 valence electrons. The number of hydrogen-bond acceptors (Lipinski definition) is 4. The van der Waals surface area contributed by atoms with Crippen molar-refractivity contribution in [2.24, 2.45) is 5.10 Å². The normalized spacial score (nSPS) is 10.8. The molecule has 0 radical (unpaired) electrons. The lowest BCUT2D eigenvalue weighted by atomic mass is 10.2. The van der Waals surface area contributed by atoms with Gasteiger partial charge < -0.3 is 5.11 Å². The second kappa shape index (κ2) is 5.83. The summed E-state index contributed by atoms with van der Waals surface area (Å²) in [5.41, 5.74) is 4.25. The molecule has 1 aromatic carbocycles. The summed E-state index contributed by atoms with van der Waals surface area (Å²) >= 11 is 2.01. The molecule has 1 aromatic heterocycles. The molecule has 0 bridgehead atoms. The molecule has 1 heterocycles. The lowest BCUT2D eigenvalue weighted by Gasteiger charge is -1.98. The molecule has 2 rings (SSSR count). The third-order valence-corrected chi connectivity index (χ3v) is 3.15. The first-order valence-electron chi connectivity index (χ1n) is 5.40. The van der Waals surface area contributed by atoms with Gasteiger partial charge in [0.2, 0.25) is 0 Å². The Hall–Kier alpha value is -1.90. The molecule has 0 fully saturated rings.